The number of aliphatic hydroxyl groups is 2. The molecule has 0 aliphatic rings. The molecule has 0 radical (unpaired) electrons. The van der Waals surface area contributed by atoms with Gasteiger partial charge in [0, 0.05) is 38.3 Å². The van der Waals surface area contributed by atoms with Gasteiger partial charge in [0.25, 0.3) is 0 Å². The molecule has 0 saturated heterocycles. The van der Waals surface area contributed by atoms with E-state index in [0.717, 1.165) is 0 Å². The molecule has 166 valence electrons. The van der Waals surface area contributed by atoms with Crippen molar-refractivity contribution in [3.63, 3.8) is 0 Å². The van der Waals surface area contributed by atoms with Crippen LogP contribution in [0.25, 0.3) is 0 Å². The molecule has 10 nitrogen and oxygen atoms in total. The Balaban J connectivity index is 1.50. The van der Waals surface area contributed by atoms with Crippen LogP contribution in [-0.2, 0) is 0 Å². The Bertz CT molecular complexity index is 724. The lowest BCUT2D eigenvalue weighted by atomic mass is 10.3. The third-order valence-corrected chi connectivity index (χ3v) is 4.02. The van der Waals surface area contributed by atoms with Crippen molar-refractivity contribution in [3.05, 3.63) is 36.4 Å². The fraction of sp³-hybridized carbons (Fsp3) is 0.400. The van der Waals surface area contributed by atoms with Crippen LogP contribution in [0.1, 0.15) is 0 Å². The molecule has 0 spiro atoms. The number of nitrogens with one attached hydrogen (secondary N) is 2. The van der Waals surface area contributed by atoms with E-state index in [9.17, 15) is 30.6 Å². The molecule has 2 aromatic rings. The van der Waals surface area contributed by atoms with Crippen molar-refractivity contribution in [2.45, 2.75) is 12.2 Å². The highest BCUT2D eigenvalue weighted by atomic mass is 16.5. The van der Waals surface area contributed by atoms with Crippen LogP contribution < -0.4 is 20.1 Å². The normalized spacial score (nSPS) is 13.0. The largest absolute Gasteiger partial charge is 0.504 e. The van der Waals surface area contributed by atoms with Crippen molar-refractivity contribution in [1.29, 1.82) is 0 Å². The average molecular weight is 424 g/mol. The number of phenols is 4. The van der Waals surface area contributed by atoms with Crippen molar-refractivity contribution in [1.82, 2.24) is 10.6 Å². The first kappa shape index (κ1) is 23.4. The maximum atomic E-state index is 9.88. The third-order valence-electron chi connectivity index (χ3n) is 4.02. The fourth-order valence-electron chi connectivity index (χ4n) is 2.40. The smallest absolute Gasteiger partial charge is 0.161 e. The molecular formula is C20H28N2O8. The zero-order chi connectivity index (χ0) is 21.9. The molecule has 2 unspecified atom stereocenters. The Morgan fingerprint density at radius 2 is 1.03 bits per heavy atom. The number of benzene rings is 2. The zero-order valence-electron chi connectivity index (χ0n) is 16.4. The summed E-state index contributed by atoms with van der Waals surface area (Å²) in [4.78, 5) is 0. The Labute approximate surface area is 174 Å². The molecule has 2 atom stereocenters. The molecule has 30 heavy (non-hydrogen) atoms. The Morgan fingerprint density at radius 3 is 1.40 bits per heavy atom. The van der Waals surface area contributed by atoms with E-state index in [1.165, 1.54) is 36.4 Å². The summed E-state index contributed by atoms with van der Waals surface area (Å²) >= 11 is 0. The van der Waals surface area contributed by atoms with Gasteiger partial charge in [-0.3, -0.25) is 0 Å². The standard InChI is InChI=1S/C20H28N2O8/c23-13(11-29-15-1-3-17(25)19(27)7-15)9-21-5-6-22-10-14(24)12-30-16-2-4-18(26)20(28)8-16/h1-4,7-8,13-14,21-28H,5-6,9-12H2. The molecule has 0 heterocycles. The van der Waals surface area contributed by atoms with Gasteiger partial charge in [-0.05, 0) is 24.3 Å². The summed E-state index contributed by atoms with van der Waals surface area (Å²) in [5.74, 6) is -0.392. The maximum absolute atomic E-state index is 9.88. The lowest BCUT2D eigenvalue weighted by molar-refractivity contribution is 0.103. The Kier molecular flexibility index (Phi) is 9.29. The van der Waals surface area contributed by atoms with Crippen molar-refractivity contribution in [3.8, 4) is 34.5 Å². The fourth-order valence-corrected chi connectivity index (χ4v) is 2.40. The second kappa shape index (κ2) is 11.9. The number of aliphatic hydroxyl groups excluding tert-OH is 2. The van der Waals surface area contributed by atoms with Crippen molar-refractivity contribution < 1.29 is 40.1 Å². The van der Waals surface area contributed by atoms with E-state index < -0.39 is 12.2 Å². The SMILES string of the molecule is Oc1ccc(OCC(O)CNCCNCC(O)COc2ccc(O)c(O)c2)cc1O. The highest BCUT2D eigenvalue weighted by Gasteiger charge is 2.08. The number of hydrogen-bond acceptors (Lipinski definition) is 10. The molecule has 0 aliphatic carbocycles. The molecule has 0 fully saturated rings. The number of aromatic hydroxyl groups is 4. The summed E-state index contributed by atoms with van der Waals surface area (Å²) in [7, 11) is 0. The predicted molar refractivity (Wildman–Crippen MR) is 108 cm³/mol. The minimum Gasteiger partial charge on any atom is -0.504 e. The van der Waals surface area contributed by atoms with Crippen LogP contribution in [0.2, 0.25) is 0 Å². The lowest BCUT2D eigenvalue weighted by Crippen LogP contribution is -2.38. The number of hydrogen-bond donors (Lipinski definition) is 8. The number of rotatable bonds is 13. The van der Waals surface area contributed by atoms with E-state index in [0.29, 0.717) is 37.7 Å². The molecule has 10 heteroatoms. The van der Waals surface area contributed by atoms with E-state index in [-0.39, 0.29) is 36.2 Å². The van der Waals surface area contributed by atoms with Gasteiger partial charge in [-0.2, -0.15) is 0 Å². The first-order valence-electron chi connectivity index (χ1n) is 9.42. The Morgan fingerprint density at radius 1 is 0.633 bits per heavy atom. The van der Waals surface area contributed by atoms with E-state index in [4.69, 9.17) is 9.47 Å². The topological polar surface area (TPSA) is 164 Å². The molecule has 2 aromatic carbocycles. The van der Waals surface area contributed by atoms with Crippen LogP contribution >= 0.6 is 0 Å². The summed E-state index contributed by atoms with van der Waals surface area (Å²) in [5, 5.41) is 63.1. The van der Waals surface area contributed by atoms with Crippen molar-refractivity contribution in [2.24, 2.45) is 0 Å². The maximum Gasteiger partial charge on any atom is 0.161 e. The minimum absolute atomic E-state index is 0.0213. The zero-order valence-corrected chi connectivity index (χ0v) is 16.4. The summed E-state index contributed by atoms with van der Waals surface area (Å²) in [6.07, 6.45) is -1.52. The van der Waals surface area contributed by atoms with Gasteiger partial charge in [0.1, 0.15) is 36.9 Å². The first-order chi connectivity index (χ1) is 14.3. The molecule has 0 aromatic heterocycles. The van der Waals surface area contributed by atoms with E-state index in [2.05, 4.69) is 10.6 Å². The van der Waals surface area contributed by atoms with Gasteiger partial charge >= 0.3 is 0 Å². The van der Waals surface area contributed by atoms with Crippen LogP contribution in [0.5, 0.6) is 34.5 Å². The van der Waals surface area contributed by atoms with Gasteiger partial charge in [-0.15, -0.1) is 0 Å². The van der Waals surface area contributed by atoms with Gasteiger partial charge in [0.2, 0.25) is 0 Å². The lowest BCUT2D eigenvalue weighted by Gasteiger charge is -2.15. The minimum atomic E-state index is -0.762. The number of ether oxygens (including phenoxy) is 2. The summed E-state index contributed by atoms with van der Waals surface area (Å²) in [6.45, 7) is 1.73. The first-order valence-corrected chi connectivity index (χ1v) is 9.42. The summed E-state index contributed by atoms with van der Waals surface area (Å²) < 4.78 is 10.7. The van der Waals surface area contributed by atoms with Crippen molar-refractivity contribution in [2.75, 3.05) is 39.4 Å². The molecule has 0 saturated carbocycles. The molecular weight excluding hydrogens is 396 g/mol. The van der Waals surface area contributed by atoms with Crippen LogP contribution in [0.3, 0.4) is 0 Å². The van der Waals surface area contributed by atoms with Gasteiger partial charge in [0.15, 0.2) is 23.0 Å². The van der Waals surface area contributed by atoms with Crippen LogP contribution in [0.15, 0.2) is 36.4 Å². The molecule has 0 bridgehead atoms. The van der Waals surface area contributed by atoms with Gasteiger partial charge in [-0.1, -0.05) is 0 Å². The van der Waals surface area contributed by atoms with E-state index >= 15 is 0 Å². The van der Waals surface area contributed by atoms with Gasteiger partial charge < -0.3 is 50.7 Å². The molecule has 0 aliphatic heterocycles. The van der Waals surface area contributed by atoms with Gasteiger partial charge in [-0.25, -0.2) is 0 Å². The monoisotopic (exact) mass is 424 g/mol. The highest BCUT2D eigenvalue weighted by Crippen LogP contribution is 2.29. The molecule has 2 rings (SSSR count). The van der Waals surface area contributed by atoms with Crippen LogP contribution in [0, 0.1) is 0 Å². The molecule has 8 N–H and O–H groups in total. The van der Waals surface area contributed by atoms with Crippen LogP contribution in [0.4, 0.5) is 0 Å². The third kappa shape index (κ3) is 8.21. The average Bonchev–Trinajstić information content (AvgIpc) is 2.72. The second-order valence-electron chi connectivity index (χ2n) is 6.64. The quantitative estimate of drug-likeness (QED) is 0.160. The summed E-state index contributed by atoms with van der Waals surface area (Å²) in [6, 6.07) is 8.10. The van der Waals surface area contributed by atoms with Crippen molar-refractivity contribution >= 4 is 0 Å². The Hall–Kier alpha value is -2.92. The van der Waals surface area contributed by atoms with Gasteiger partial charge in [0.05, 0.1) is 0 Å². The number of phenolic OH excluding ortho intramolecular Hbond substituents is 4. The van der Waals surface area contributed by atoms with Crippen LogP contribution in [-0.4, -0.2) is 82.2 Å². The molecule has 0 amide bonds. The summed E-state index contributed by atoms with van der Waals surface area (Å²) in [5.41, 5.74) is 0. The van der Waals surface area contributed by atoms with E-state index in [1.54, 1.807) is 0 Å². The van der Waals surface area contributed by atoms with E-state index in [1.807, 2.05) is 0 Å². The second-order valence-corrected chi connectivity index (χ2v) is 6.64. The highest BCUT2D eigenvalue weighted by molar-refractivity contribution is 5.44. The predicted octanol–water partition coefficient (Wildman–Crippen LogP) is -0.132.